The number of hydrogen-bond acceptors (Lipinski definition) is 3. The summed E-state index contributed by atoms with van der Waals surface area (Å²) in [4.78, 5) is 11.1. The summed E-state index contributed by atoms with van der Waals surface area (Å²) >= 11 is 0. The summed E-state index contributed by atoms with van der Waals surface area (Å²) in [6.45, 7) is 4.28. The van der Waals surface area contributed by atoms with Crippen LogP contribution in [0.1, 0.15) is 43.4 Å². The largest absolute Gasteiger partial charge is 0.469 e. The van der Waals surface area contributed by atoms with Crippen LogP contribution in [-0.2, 0) is 9.53 Å². The minimum absolute atomic E-state index is 0.220. The zero-order chi connectivity index (χ0) is 12.1. The van der Waals surface area contributed by atoms with Gasteiger partial charge in [-0.2, -0.15) is 0 Å². The third-order valence-corrected chi connectivity index (χ3v) is 2.65. The molecule has 0 aliphatic rings. The smallest absolute Gasteiger partial charge is 0.307 e. The third kappa shape index (κ3) is 3.35. The SMILES string of the molecule is COC(=O)C[C@@H](N)c1ccc(C(C)C)cc1. The molecule has 0 saturated heterocycles. The van der Waals surface area contributed by atoms with Gasteiger partial charge in [0.05, 0.1) is 13.5 Å². The number of rotatable bonds is 4. The minimum Gasteiger partial charge on any atom is -0.469 e. The van der Waals surface area contributed by atoms with Crippen molar-refractivity contribution in [1.82, 2.24) is 0 Å². The van der Waals surface area contributed by atoms with Gasteiger partial charge in [-0.1, -0.05) is 38.1 Å². The highest BCUT2D eigenvalue weighted by atomic mass is 16.5. The van der Waals surface area contributed by atoms with Gasteiger partial charge in [-0.05, 0) is 17.0 Å². The van der Waals surface area contributed by atoms with Crippen LogP contribution in [0.5, 0.6) is 0 Å². The molecule has 0 fully saturated rings. The standard InChI is InChI=1S/C13H19NO2/c1-9(2)10-4-6-11(7-5-10)12(14)8-13(15)16-3/h4-7,9,12H,8,14H2,1-3H3/t12-/m1/s1. The average Bonchev–Trinajstić information content (AvgIpc) is 2.28. The Morgan fingerprint density at radius 2 is 1.75 bits per heavy atom. The van der Waals surface area contributed by atoms with Crippen molar-refractivity contribution >= 4 is 5.97 Å². The van der Waals surface area contributed by atoms with Crippen molar-refractivity contribution in [2.75, 3.05) is 7.11 Å². The molecule has 88 valence electrons. The third-order valence-electron chi connectivity index (χ3n) is 2.65. The summed E-state index contributed by atoms with van der Waals surface area (Å²) in [5.74, 6) is 0.228. The van der Waals surface area contributed by atoms with E-state index in [4.69, 9.17) is 5.73 Å². The Hall–Kier alpha value is -1.35. The molecule has 1 aromatic rings. The highest BCUT2D eigenvalue weighted by Crippen LogP contribution is 2.19. The van der Waals surface area contributed by atoms with E-state index in [1.165, 1.54) is 12.7 Å². The molecular formula is C13H19NO2. The Morgan fingerprint density at radius 3 is 2.19 bits per heavy atom. The number of benzene rings is 1. The quantitative estimate of drug-likeness (QED) is 0.794. The van der Waals surface area contributed by atoms with Gasteiger partial charge in [0.1, 0.15) is 0 Å². The fraction of sp³-hybridized carbons (Fsp3) is 0.462. The van der Waals surface area contributed by atoms with Gasteiger partial charge in [0.25, 0.3) is 0 Å². The number of carbonyl (C=O) groups excluding carboxylic acids is 1. The fourth-order valence-electron chi connectivity index (χ4n) is 1.51. The van der Waals surface area contributed by atoms with E-state index < -0.39 is 0 Å². The van der Waals surface area contributed by atoms with Crippen molar-refractivity contribution in [2.45, 2.75) is 32.2 Å². The molecular weight excluding hydrogens is 202 g/mol. The summed E-state index contributed by atoms with van der Waals surface area (Å²) in [7, 11) is 1.37. The molecule has 0 radical (unpaired) electrons. The van der Waals surface area contributed by atoms with Gasteiger partial charge in [-0.15, -0.1) is 0 Å². The number of carbonyl (C=O) groups is 1. The number of nitrogens with two attached hydrogens (primary N) is 1. The maximum atomic E-state index is 11.1. The molecule has 0 saturated carbocycles. The maximum Gasteiger partial charge on any atom is 0.307 e. The summed E-state index contributed by atoms with van der Waals surface area (Å²) in [5.41, 5.74) is 8.14. The van der Waals surface area contributed by atoms with Crippen LogP contribution < -0.4 is 5.73 Å². The lowest BCUT2D eigenvalue weighted by Crippen LogP contribution is -2.16. The second kappa shape index (κ2) is 5.66. The van der Waals surface area contributed by atoms with Gasteiger partial charge in [-0.25, -0.2) is 0 Å². The Bertz CT molecular complexity index is 343. The summed E-state index contributed by atoms with van der Waals surface area (Å²) in [6, 6.07) is 7.77. The molecule has 0 aliphatic carbocycles. The van der Waals surface area contributed by atoms with Crippen molar-refractivity contribution < 1.29 is 9.53 Å². The molecule has 1 atom stereocenters. The van der Waals surface area contributed by atoms with E-state index in [-0.39, 0.29) is 18.4 Å². The molecule has 0 bridgehead atoms. The van der Waals surface area contributed by atoms with Crippen molar-refractivity contribution in [2.24, 2.45) is 5.73 Å². The number of ether oxygens (including phenoxy) is 1. The first-order valence-electron chi connectivity index (χ1n) is 5.47. The zero-order valence-corrected chi connectivity index (χ0v) is 10.1. The molecule has 3 heteroatoms. The monoisotopic (exact) mass is 221 g/mol. The number of hydrogen-bond donors (Lipinski definition) is 1. The highest BCUT2D eigenvalue weighted by Gasteiger charge is 2.11. The van der Waals surface area contributed by atoms with E-state index in [1.807, 2.05) is 12.1 Å². The van der Waals surface area contributed by atoms with Crippen molar-refractivity contribution in [3.8, 4) is 0 Å². The van der Waals surface area contributed by atoms with Crippen LogP contribution in [0.3, 0.4) is 0 Å². The first kappa shape index (κ1) is 12.7. The Labute approximate surface area is 96.6 Å². The van der Waals surface area contributed by atoms with E-state index in [0.717, 1.165) is 5.56 Å². The second-order valence-corrected chi connectivity index (χ2v) is 4.21. The molecule has 2 N–H and O–H groups in total. The Balaban J connectivity index is 2.70. The molecule has 3 nitrogen and oxygen atoms in total. The van der Waals surface area contributed by atoms with Gasteiger partial charge in [0.2, 0.25) is 0 Å². The number of esters is 1. The van der Waals surface area contributed by atoms with Crippen LogP contribution in [-0.4, -0.2) is 13.1 Å². The lowest BCUT2D eigenvalue weighted by Gasteiger charge is -2.12. The average molecular weight is 221 g/mol. The summed E-state index contributed by atoms with van der Waals surface area (Å²) < 4.78 is 4.59. The van der Waals surface area contributed by atoms with Gasteiger partial charge < -0.3 is 10.5 Å². The maximum absolute atomic E-state index is 11.1. The minimum atomic E-state index is -0.284. The summed E-state index contributed by atoms with van der Waals surface area (Å²) in [5, 5.41) is 0. The molecule has 0 heterocycles. The highest BCUT2D eigenvalue weighted by molar-refractivity contribution is 5.70. The van der Waals surface area contributed by atoms with Crippen molar-refractivity contribution in [1.29, 1.82) is 0 Å². The van der Waals surface area contributed by atoms with E-state index in [2.05, 4.69) is 30.7 Å². The summed E-state index contributed by atoms with van der Waals surface area (Å²) in [6.07, 6.45) is 0.220. The second-order valence-electron chi connectivity index (χ2n) is 4.21. The lowest BCUT2D eigenvalue weighted by atomic mass is 9.98. The molecule has 0 amide bonds. The van der Waals surface area contributed by atoms with Crippen LogP contribution in [0, 0.1) is 0 Å². The van der Waals surface area contributed by atoms with Crippen molar-refractivity contribution in [3.05, 3.63) is 35.4 Å². The zero-order valence-electron chi connectivity index (χ0n) is 10.1. The predicted molar refractivity (Wildman–Crippen MR) is 64.1 cm³/mol. The van der Waals surface area contributed by atoms with Gasteiger partial charge >= 0.3 is 5.97 Å². The first-order chi connectivity index (χ1) is 7.54. The molecule has 0 unspecified atom stereocenters. The lowest BCUT2D eigenvalue weighted by molar-refractivity contribution is -0.141. The van der Waals surface area contributed by atoms with Crippen LogP contribution in [0.25, 0.3) is 0 Å². The molecule has 16 heavy (non-hydrogen) atoms. The van der Waals surface area contributed by atoms with Crippen LogP contribution in [0.2, 0.25) is 0 Å². The van der Waals surface area contributed by atoms with E-state index >= 15 is 0 Å². The van der Waals surface area contributed by atoms with E-state index in [9.17, 15) is 4.79 Å². The van der Waals surface area contributed by atoms with Crippen LogP contribution >= 0.6 is 0 Å². The number of methoxy groups -OCH3 is 1. The normalized spacial score (nSPS) is 12.6. The Morgan fingerprint density at radius 1 is 1.25 bits per heavy atom. The molecule has 1 aromatic carbocycles. The first-order valence-corrected chi connectivity index (χ1v) is 5.47. The van der Waals surface area contributed by atoms with Gasteiger partial charge in [-0.3, -0.25) is 4.79 Å². The topological polar surface area (TPSA) is 52.3 Å². The van der Waals surface area contributed by atoms with E-state index in [0.29, 0.717) is 5.92 Å². The molecule has 0 aromatic heterocycles. The van der Waals surface area contributed by atoms with Crippen LogP contribution in [0.4, 0.5) is 0 Å². The van der Waals surface area contributed by atoms with Crippen molar-refractivity contribution in [3.63, 3.8) is 0 Å². The molecule has 0 aliphatic heterocycles. The van der Waals surface area contributed by atoms with Gasteiger partial charge in [0, 0.05) is 6.04 Å². The fourth-order valence-corrected chi connectivity index (χ4v) is 1.51. The molecule has 0 spiro atoms. The van der Waals surface area contributed by atoms with Gasteiger partial charge in [0.15, 0.2) is 0 Å². The van der Waals surface area contributed by atoms with E-state index in [1.54, 1.807) is 0 Å². The Kier molecular flexibility index (Phi) is 4.50. The predicted octanol–water partition coefficient (Wildman–Crippen LogP) is 2.37. The van der Waals surface area contributed by atoms with Crippen LogP contribution in [0.15, 0.2) is 24.3 Å². The molecule has 1 rings (SSSR count).